The van der Waals surface area contributed by atoms with Crippen LogP contribution in [0.1, 0.15) is 24.1 Å². The van der Waals surface area contributed by atoms with Crippen LogP contribution in [0.25, 0.3) is 0 Å². The van der Waals surface area contributed by atoms with E-state index in [0.29, 0.717) is 5.75 Å². The molecule has 0 unspecified atom stereocenters. The molecule has 0 spiro atoms. The summed E-state index contributed by atoms with van der Waals surface area (Å²) in [5, 5.41) is 0. The van der Waals surface area contributed by atoms with E-state index in [2.05, 4.69) is 0 Å². The van der Waals surface area contributed by atoms with Gasteiger partial charge in [0.2, 0.25) is 0 Å². The van der Waals surface area contributed by atoms with Crippen molar-refractivity contribution in [2.24, 2.45) is 11.5 Å². The molecule has 82 valence electrons. The van der Waals surface area contributed by atoms with Gasteiger partial charge in [-0.25, -0.2) is 0 Å². The second kappa shape index (κ2) is 4.79. The standard InChI is InChI=1S/C11H16N2O2/c1-7-5-9(8(2)12)3-4-10(7)15-6-11(13)14/h3-5,8H,6,12H2,1-2H3,(H2,13,14)/t8-/m1/s1. The van der Waals surface area contributed by atoms with E-state index in [1.54, 1.807) is 6.07 Å². The van der Waals surface area contributed by atoms with Crippen LogP contribution in [0.15, 0.2) is 18.2 Å². The minimum absolute atomic E-state index is 0.00566. The predicted molar refractivity (Wildman–Crippen MR) is 58.5 cm³/mol. The lowest BCUT2D eigenvalue weighted by atomic mass is 10.1. The van der Waals surface area contributed by atoms with Crippen LogP contribution in [-0.2, 0) is 4.79 Å². The summed E-state index contributed by atoms with van der Waals surface area (Å²) >= 11 is 0. The topological polar surface area (TPSA) is 78.3 Å². The minimum Gasteiger partial charge on any atom is -0.484 e. The molecule has 15 heavy (non-hydrogen) atoms. The number of aryl methyl sites for hydroxylation is 1. The molecule has 4 heteroatoms. The lowest BCUT2D eigenvalue weighted by molar-refractivity contribution is -0.119. The van der Waals surface area contributed by atoms with Crippen molar-refractivity contribution >= 4 is 5.91 Å². The van der Waals surface area contributed by atoms with Gasteiger partial charge >= 0.3 is 0 Å². The van der Waals surface area contributed by atoms with E-state index in [4.69, 9.17) is 16.2 Å². The van der Waals surface area contributed by atoms with Gasteiger partial charge in [0.1, 0.15) is 5.75 Å². The van der Waals surface area contributed by atoms with Crippen LogP contribution in [-0.4, -0.2) is 12.5 Å². The molecule has 4 N–H and O–H groups in total. The Kier molecular flexibility index (Phi) is 3.68. The number of hydrogen-bond donors (Lipinski definition) is 2. The summed E-state index contributed by atoms with van der Waals surface area (Å²) in [6, 6.07) is 5.63. The molecule has 0 saturated carbocycles. The van der Waals surface area contributed by atoms with Crippen molar-refractivity contribution < 1.29 is 9.53 Å². The SMILES string of the molecule is Cc1cc([C@@H](C)N)ccc1OCC(N)=O. The van der Waals surface area contributed by atoms with Crippen molar-refractivity contribution in [1.82, 2.24) is 0 Å². The molecule has 1 amide bonds. The molecule has 0 aliphatic carbocycles. The second-order valence-electron chi connectivity index (χ2n) is 3.57. The largest absolute Gasteiger partial charge is 0.484 e. The molecule has 0 fully saturated rings. The average molecular weight is 208 g/mol. The molecule has 1 aromatic rings. The van der Waals surface area contributed by atoms with Gasteiger partial charge in [0, 0.05) is 6.04 Å². The molecule has 1 rings (SSSR count). The summed E-state index contributed by atoms with van der Waals surface area (Å²) in [4.78, 5) is 10.5. The van der Waals surface area contributed by atoms with E-state index < -0.39 is 5.91 Å². The van der Waals surface area contributed by atoms with E-state index in [9.17, 15) is 4.79 Å². The fraction of sp³-hybridized carbons (Fsp3) is 0.364. The maximum Gasteiger partial charge on any atom is 0.255 e. The van der Waals surface area contributed by atoms with Crippen molar-refractivity contribution in [3.8, 4) is 5.75 Å². The third-order valence-electron chi connectivity index (χ3n) is 2.09. The quantitative estimate of drug-likeness (QED) is 0.771. The van der Waals surface area contributed by atoms with Crippen molar-refractivity contribution in [1.29, 1.82) is 0 Å². The monoisotopic (exact) mass is 208 g/mol. The molecule has 1 aromatic carbocycles. The smallest absolute Gasteiger partial charge is 0.255 e. The fourth-order valence-corrected chi connectivity index (χ4v) is 1.27. The summed E-state index contributed by atoms with van der Waals surface area (Å²) in [6.07, 6.45) is 0. The summed E-state index contributed by atoms with van der Waals surface area (Å²) in [6.45, 7) is 3.72. The van der Waals surface area contributed by atoms with Gasteiger partial charge in [0.15, 0.2) is 6.61 Å². The number of hydrogen-bond acceptors (Lipinski definition) is 3. The van der Waals surface area contributed by atoms with Crippen LogP contribution >= 0.6 is 0 Å². The van der Waals surface area contributed by atoms with Gasteiger partial charge < -0.3 is 16.2 Å². The summed E-state index contributed by atoms with van der Waals surface area (Å²) < 4.78 is 5.22. The lowest BCUT2D eigenvalue weighted by Crippen LogP contribution is -2.20. The van der Waals surface area contributed by atoms with Crippen LogP contribution in [0.4, 0.5) is 0 Å². The zero-order chi connectivity index (χ0) is 11.4. The van der Waals surface area contributed by atoms with Crippen molar-refractivity contribution in [3.05, 3.63) is 29.3 Å². The first-order chi connectivity index (χ1) is 7.00. The molecule has 4 nitrogen and oxygen atoms in total. The van der Waals surface area contributed by atoms with Gasteiger partial charge in [0.25, 0.3) is 5.91 Å². The Balaban J connectivity index is 2.79. The maximum atomic E-state index is 10.5. The van der Waals surface area contributed by atoms with Crippen molar-refractivity contribution in [3.63, 3.8) is 0 Å². The first-order valence-corrected chi connectivity index (χ1v) is 4.78. The normalized spacial score (nSPS) is 12.2. The number of primary amides is 1. The van der Waals surface area contributed by atoms with Crippen LogP contribution < -0.4 is 16.2 Å². The van der Waals surface area contributed by atoms with Crippen LogP contribution in [0.2, 0.25) is 0 Å². The van der Waals surface area contributed by atoms with E-state index >= 15 is 0 Å². The van der Waals surface area contributed by atoms with Gasteiger partial charge in [-0.1, -0.05) is 12.1 Å². The Hall–Kier alpha value is -1.55. The van der Waals surface area contributed by atoms with Gasteiger partial charge in [-0.2, -0.15) is 0 Å². The Morgan fingerprint density at radius 2 is 2.20 bits per heavy atom. The number of carbonyl (C=O) groups excluding carboxylic acids is 1. The molecule has 0 aliphatic rings. The van der Waals surface area contributed by atoms with E-state index in [1.165, 1.54) is 0 Å². The van der Waals surface area contributed by atoms with E-state index in [0.717, 1.165) is 11.1 Å². The zero-order valence-corrected chi connectivity index (χ0v) is 8.99. The Morgan fingerprint density at radius 1 is 1.53 bits per heavy atom. The molecule has 0 heterocycles. The van der Waals surface area contributed by atoms with Crippen molar-refractivity contribution in [2.45, 2.75) is 19.9 Å². The highest BCUT2D eigenvalue weighted by Gasteiger charge is 2.05. The Morgan fingerprint density at radius 3 is 2.67 bits per heavy atom. The molecule has 0 saturated heterocycles. The molecule has 0 aliphatic heterocycles. The summed E-state index contributed by atoms with van der Waals surface area (Å²) in [5.41, 5.74) is 12.7. The zero-order valence-electron chi connectivity index (χ0n) is 8.99. The number of amides is 1. The van der Waals surface area contributed by atoms with Crippen molar-refractivity contribution in [2.75, 3.05) is 6.61 Å². The molecular formula is C11H16N2O2. The van der Waals surface area contributed by atoms with Gasteiger partial charge in [-0.15, -0.1) is 0 Å². The number of nitrogens with two attached hydrogens (primary N) is 2. The third-order valence-corrected chi connectivity index (χ3v) is 2.09. The van der Waals surface area contributed by atoms with E-state index in [1.807, 2.05) is 26.0 Å². The molecular weight excluding hydrogens is 192 g/mol. The van der Waals surface area contributed by atoms with Gasteiger partial charge in [0.05, 0.1) is 0 Å². The second-order valence-corrected chi connectivity index (χ2v) is 3.57. The molecule has 0 radical (unpaired) electrons. The highest BCUT2D eigenvalue weighted by Crippen LogP contribution is 2.21. The van der Waals surface area contributed by atoms with Crippen LogP contribution in [0.5, 0.6) is 5.75 Å². The molecule has 0 aromatic heterocycles. The van der Waals surface area contributed by atoms with Crippen LogP contribution in [0.3, 0.4) is 0 Å². The number of rotatable bonds is 4. The minimum atomic E-state index is -0.481. The first-order valence-electron chi connectivity index (χ1n) is 4.78. The number of benzene rings is 1. The molecule has 0 bridgehead atoms. The highest BCUT2D eigenvalue weighted by molar-refractivity contribution is 5.75. The molecule has 1 atom stereocenters. The summed E-state index contributed by atoms with van der Waals surface area (Å²) in [7, 11) is 0. The van der Waals surface area contributed by atoms with Gasteiger partial charge in [-0.05, 0) is 31.0 Å². The van der Waals surface area contributed by atoms with Crippen LogP contribution in [0, 0.1) is 6.92 Å². The average Bonchev–Trinajstić information content (AvgIpc) is 2.15. The number of carbonyl (C=O) groups is 1. The van der Waals surface area contributed by atoms with Gasteiger partial charge in [-0.3, -0.25) is 4.79 Å². The Labute approximate surface area is 89.2 Å². The lowest BCUT2D eigenvalue weighted by Gasteiger charge is -2.11. The summed E-state index contributed by atoms with van der Waals surface area (Å²) in [5.74, 6) is 0.184. The fourth-order valence-electron chi connectivity index (χ4n) is 1.27. The number of ether oxygens (including phenoxy) is 1. The third kappa shape index (κ3) is 3.25. The highest BCUT2D eigenvalue weighted by atomic mass is 16.5. The maximum absolute atomic E-state index is 10.5. The predicted octanol–water partition coefficient (Wildman–Crippen LogP) is 0.879. The Bertz CT molecular complexity index is 362. The first kappa shape index (κ1) is 11.5. The van der Waals surface area contributed by atoms with E-state index in [-0.39, 0.29) is 12.6 Å².